The van der Waals surface area contributed by atoms with Crippen molar-refractivity contribution in [2.24, 2.45) is 11.8 Å². The van der Waals surface area contributed by atoms with Crippen LogP contribution in [0.15, 0.2) is 24.3 Å². The van der Waals surface area contributed by atoms with Crippen LogP contribution in [-0.4, -0.2) is 24.3 Å². The van der Waals surface area contributed by atoms with Gasteiger partial charge in [-0.15, -0.1) is 0 Å². The van der Waals surface area contributed by atoms with Crippen LogP contribution in [0.25, 0.3) is 0 Å². The van der Waals surface area contributed by atoms with Crippen LogP contribution in [0.3, 0.4) is 0 Å². The van der Waals surface area contributed by atoms with E-state index in [1.54, 1.807) is 11.1 Å². The summed E-state index contributed by atoms with van der Waals surface area (Å²) in [5, 5.41) is 12.6. The third kappa shape index (κ3) is 2.32. The molecule has 0 spiro atoms. The number of rotatable bonds is 4. The summed E-state index contributed by atoms with van der Waals surface area (Å²) in [5.41, 5.74) is 3.14. The Morgan fingerprint density at radius 2 is 1.67 bits per heavy atom. The van der Waals surface area contributed by atoms with Gasteiger partial charge in [0, 0.05) is 12.6 Å². The zero-order valence-electron chi connectivity index (χ0n) is 10.9. The van der Waals surface area contributed by atoms with E-state index >= 15 is 0 Å². The Kier molecular flexibility index (Phi) is 3.67. The molecule has 2 N–H and O–H groups in total. The average molecular weight is 245 g/mol. The molecule has 0 amide bonds. The predicted octanol–water partition coefficient (Wildman–Crippen LogP) is 2.15. The lowest BCUT2D eigenvalue weighted by molar-refractivity contribution is 0.271. The summed E-state index contributed by atoms with van der Waals surface area (Å²) in [7, 11) is 0. The molecule has 2 aliphatic carbocycles. The van der Waals surface area contributed by atoms with E-state index < -0.39 is 0 Å². The number of fused-ring (bicyclic) bond motifs is 3. The molecule has 98 valence electrons. The molecule has 1 saturated carbocycles. The second-order valence-corrected chi connectivity index (χ2v) is 5.83. The van der Waals surface area contributed by atoms with Gasteiger partial charge in [-0.25, -0.2) is 0 Å². The van der Waals surface area contributed by atoms with Crippen LogP contribution in [0.1, 0.15) is 30.4 Å². The Labute approximate surface area is 109 Å². The van der Waals surface area contributed by atoms with Gasteiger partial charge in [0.25, 0.3) is 0 Å². The average Bonchev–Trinajstić information content (AvgIpc) is 2.66. The first-order valence-electron chi connectivity index (χ1n) is 7.29. The van der Waals surface area contributed by atoms with Gasteiger partial charge in [0.2, 0.25) is 0 Å². The SMILES string of the molecule is OCCCNC1C2CCC1Cc1ccccc1C2. The smallest absolute Gasteiger partial charge is 0.0443 e. The van der Waals surface area contributed by atoms with Crippen molar-refractivity contribution >= 4 is 0 Å². The standard InChI is InChI=1S/C16H23NO/c18-9-3-8-17-16-14-6-7-15(16)11-13-5-2-1-4-12(13)10-14/h1-2,4-5,14-18H,3,6-11H2. The number of nitrogens with one attached hydrogen (secondary N) is 1. The highest BCUT2D eigenvalue weighted by atomic mass is 16.3. The van der Waals surface area contributed by atoms with E-state index in [9.17, 15) is 0 Å². The van der Waals surface area contributed by atoms with Crippen LogP contribution in [0.5, 0.6) is 0 Å². The van der Waals surface area contributed by atoms with Gasteiger partial charge in [-0.2, -0.15) is 0 Å². The first-order chi connectivity index (χ1) is 8.88. The molecule has 1 aromatic rings. The normalized spacial score (nSPS) is 29.9. The molecule has 0 radical (unpaired) electrons. The summed E-state index contributed by atoms with van der Waals surface area (Å²) in [6.45, 7) is 1.26. The fourth-order valence-electron chi connectivity index (χ4n) is 3.83. The second kappa shape index (κ2) is 5.41. The van der Waals surface area contributed by atoms with E-state index in [2.05, 4.69) is 29.6 Å². The van der Waals surface area contributed by atoms with Crippen molar-refractivity contribution in [2.45, 2.75) is 38.1 Å². The molecule has 0 saturated heterocycles. The molecule has 0 aliphatic heterocycles. The molecule has 2 atom stereocenters. The van der Waals surface area contributed by atoms with E-state index in [0.717, 1.165) is 24.8 Å². The molecule has 2 heteroatoms. The highest BCUT2D eigenvalue weighted by Gasteiger charge is 2.38. The maximum Gasteiger partial charge on any atom is 0.0443 e. The van der Waals surface area contributed by atoms with Gasteiger partial charge >= 0.3 is 0 Å². The molecule has 1 fully saturated rings. The molecular weight excluding hydrogens is 222 g/mol. The minimum atomic E-state index is 0.301. The fourth-order valence-corrected chi connectivity index (χ4v) is 3.83. The van der Waals surface area contributed by atoms with Crippen LogP contribution in [0.4, 0.5) is 0 Å². The molecule has 2 unspecified atom stereocenters. The van der Waals surface area contributed by atoms with Crippen molar-refractivity contribution in [3.8, 4) is 0 Å². The number of benzene rings is 1. The maximum atomic E-state index is 8.90. The first kappa shape index (κ1) is 12.2. The zero-order valence-corrected chi connectivity index (χ0v) is 10.9. The quantitative estimate of drug-likeness (QED) is 0.797. The number of hydrogen-bond acceptors (Lipinski definition) is 2. The van der Waals surface area contributed by atoms with Gasteiger partial charge in [-0.3, -0.25) is 0 Å². The molecule has 3 rings (SSSR count). The van der Waals surface area contributed by atoms with Crippen molar-refractivity contribution in [2.75, 3.05) is 13.2 Å². The fraction of sp³-hybridized carbons (Fsp3) is 0.625. The summed E-state index contributed by atoms with van der Waals surface area (Å²) in [5.74, 6) is 1.61. The monoisotopic (exact) mass is 245 g/mol. The Balaban J connectivity index is 1.74. The lowest BCUT2D eigenvalue weighted by Crippen LogP contribution is -2.38. The van der Waals surface area contributed by atoms with E-state index in [1.165, 1.54) is 25.7 Å². The van der Waals surface area contributed by atoms with Crippen LogP contribution in [-0.2, 0) is 12.8 Å². The minimum Gasteiger partial charge on any atom is -0.396 e. The van der Waals surface area contributed by atoms with Gasteiger partial charge in [-0.1, -0.05) is 24.3 Å². The van der Waals surface area contributed by atoms with Crippen LogP contribution >= 0.6 is 0 Å². The third-order valence-corrected chi connectivity index (χ3v) is 4.72. The molecule has 0 heterocycles. The molecule has 1 aromatic carbocycles. The zero-order chi connectivity index (χ0) is 12.4. The molecule has 2 aliphatic rings. The van der Waals surface area contributed by atoms with Gasteiger partial charge in [0.05, 0.1) is 0 Å². The molecule has 2 nitrogen and oxygen atoms in total. The van der Waals surface area contributed by atoms with E-state index in [-0.39, 0.29) is 0 Å². The van der Waals surface area contributed by atoms with Crippen molar-refractivity contribution in [1.82, 2.24) is 5.32 Å². The summed E-state index contributed by atoms with van der Waals surface area (Å²) in [4.78, 5) is 0. The van der Waals surface area contributed by atoms with Gasteiger partial charge in [-0.05, 0) is 61.6 Å². The van der Waals surface area contributed by atoms with Gasteiger partial charge in [0.1, 0.15) is 0 Å². The topological polar surface area (TPSA) is 32.3 Å². The van der Waals surface area contributed by atoms with Gasteiger partial charge < -0.3 is 10.4 Å². The molecular formula is C16H23NO. The Bertz CT molecular complexity index is 371. The predicted molar refractivity (Wildman–Crippen MR) is 73.6 cm³/mol. The van der Waals surface area contributed by atoms with Crippen LogP contribution < -0.4 is 5.32 Å². The van der Waals surface area contributed by atoms with Crippen molar-refractivity contribution in [3.63, 3.8) is 0 Å². The summed E-state index contributed by atoms with van der Waals surface area (Å²) < 4.78 is 0. The maximum absolute atomic E-state index is 8.90. The largest absolute Gasteiger partial charge is 0.396 e. The summed E-state index contributed by atoms with van der Waals surface area (Å²) >= 11 is 0. The number of hydrogen-bond donors (Lipinski definition) is 2. The van der Waals surface area contributed by atoms with E-state index in [4.69, 9.17) is 5.11 Å². The lowest BCUT2D eigenvalue weighted by Gasteiger charge is -2.23. The Morgan fingerprint density at radius 3 is 2.22 bits per heavy atom. The van der Waals surface area contributed by atoms with Gasteiger partial charge in [0.15, 0.2) is 0 Å². The Hall–Kier alpha value is -0.860. The number of aliphatic hydroxyl groups is 1. The molecule has 0 aromatic heterocycles. The number of aliphatic hydroxyl groups excluding tert-OH is 1. The Morgan fingerprint density at radius 1 is 1.06 bits per heavy atom. The van der Waals surface area contributed by atoms with Crippen molar-refractivity contribution in [1.29, 1.82) is 0 Å². The van der Waals surface area contributed by atoms with Crippen LogP contribution in [0.2, 0.25) is 0 Å². The van der Waals surface area contributed by atoms with Crippen LogP contribution in [0, 0.1) is 11.8 Å². The summed E-state index contributed by atoms with van der Waals surface area (Å²) in [6.07, 6.45) is 6.10. The second-order valence-electron chi connectivity index (χ2n) is 5.83. The van der Waals surface area contributed by atoms with Crippen molar-refractivity contribution < 1.29 is 5.11 Å². The lowest BCUT2D eigenvalue weighted by atomic mass is 9.94. The molecule has 2 bridgehead atoms. The first-order valence-corrected chi connectivity index (χ1v) is 7.29. The summed E-state index contributed by atoms with van der Waals surface area (Å²) in [6, 6.07) is 9.63. The van der Waals surface area contributed by atoms with E-state index in [1.807, 2.05) is 0 Å². The van der Waals surface area contributed by atoms with Crippen molar-refractivity contribution in [3.05, 3.63) is 35.4 Å². The van der Waals surface area contributed by atoms with E-state index in [0.29, 0.717) is 12.6 Å². The highest BCUT2D eigenvalue weighted by Crippen LogP contribution is 2.39. The third-order valence-electron chi connectivity index (χ3n) is 4.72. The minimum absolute atomic E-state index is 0.301. The molecule has 18 heavy (non-hydrogen) atoms. The highest BCUT2D eigenvalue weighted by molar-refractivity contribution is 5.30.